The lowest BCUT2D eigenvalue weighted by Gasteiger charge is -2.23. The van der Waals surface area contributed by atoms with Gasteiger partial charge in [-0.2, -0.15) is 5.10 Å². The summed E-state index contributed by atoms with van der Waals surface area (Å²) in [6.07, 6.45) is 0. The molecule has 4 nitrogen and oxygen atoms in total. The number of hydrogen-bond donors (Lipinski definition) is 1. The Kier molecular flexibility index (Phi) is 4.35. The van der Waals surface area contributed by atoms with Gasteiger partial charge in [0, 0.05) is 27.2 Å². The Morgan fingerprint density at radius 2 is 2.12 bits per heavy atom. The zero-order valence-electron chi connectivity index (χ0n) is 10.6. The van der Waals surface area contributed by atoms with E-state index in [1.165, 1.54) is 0 Å². The van der Waals surface area contributed by atoms with Crippen LogP contribution in [0.4, 0.5) is 0 Å². The number of nitrogens with zero attached hydrogens (tertiary/aromatic N) is 2. The Morgan fingerprint density at radius 3 is 2.56 bits per heavy atom. The lowest BCUT2D eigenvalue weighted by Crippen LogP contribution is -2.36. The van der Waals surface area contributed by atoms with Crippen LogP contribution in [0.1, 0.15) is 25.2 Å². The molecule has 0 spiro atoms. The maximum Gasteiger partial charge on any atom is 0.0860 e. The minimum Gasteiger partial charge on any atom is -0.377 e. The van der Waals surface area contributed by atoms with E-state index in [1.807, 2.05) is 32.5 Å². The van der Waals surface area contributed by atoms with E-state index < -0.39 is 0 Å². The van der Waals surface area contributed by atoms with Crippen molar-refractivity contribution in [2.75, 3.05) is 13.7 Å². The lowest BCUT2D eigenvalue weighted by atomic mass is 10.1. The van der Waals surface area contributed by atoms with Crippen LogP contribution in [0.3, 0.4) is 0 Å². The Balaban J connectivity index is 2.55. The summed E-state index contributed by atoms with van der Waals surface area (Å²) >= 11 is 6.14. The Bertz CT molecular complexity index is 360. The average molecular weight is 246 g/mol. The molecule has 1 aromatic heterocycles. The molecule has 1 aromatic rings. The van der Waals surface area contributed by atoms with Crippen molar-refractivity contribution in [3.05, 3.63) is 16.4 Å². The molecule has 0 amide bonds. The van der Waals surface area contributed by atoms with Crippen LogP contribution in [-0.4, -0.2) is 29.0 Å². The monoisotopic (exact) mass is 245 g/mol. The van der Waals surface area contributed by atoms with Crippen molar-refractivity contribution in [2.24, 2.45) is 7.05 Å². The number of rotatable bonds is 5. The molecule has 0 aliphatic carbocycles. The van der Waals surface area contributed by atoms with Gasteiger partial charge in [-0.3, -0.25) is 4.68 Å². The maximum absolute atomic E-state index is 6.14. The molecule has 0 bridgehead atoms. The van der Waals surface area contributed by atoms with Crippen molar-refractivity contribution >= 4 is 11.6 Å². The van der Waals surface area contributed by atoms with Crippen molar-refractivity contribution < 1.29 is 4.74 Å². The molecule has 0 saturated heterocycles. The normalized spacial score (nSPS) is 12.1. The highest BCUT2D eigenvalue weighted by molar-refractivity contribution is 6.31. The fraction of sp³-hybridized carbons (Fsp3) is 0.727. The van der Waals surface area contributed by atoms with E-state index >= 15 is 0 Å². The highest BCUT2D eigenvalue weighted by Crippen LogP contribution is 2.19. The third kappa shape index (κ3) is 3.20. The predicted molar refractivity (Wildman–Crippen MR) is 65.7 cm³/mol. The quantitative estimate of drug-likeness (QED) is 0.861. The molecular weight excluding hydrogens is 226 g/mol. The van der Waals surface area contributed by atoms with Gasteiger partial charge >= 0.3 is 0 Å². The van der Waals surface area contributed by atoms with Crippen LogP contribution in [0.5, 0.6) is 0 Å². The first-order valence-corrected chi connectivity index (χ1v) is 5.69. The van der Waals surface area contributed by atoms with Crippen LogP contribution < -0.4 is 5.32 Å². The summed E-state index contributed by atoms with van der Waals surface area (Å²) in [5.41, 5.74) is 1.71. The molecule has 5 heteroatoms. The second-order valence-corrected chi connectivity index (χ2v) is 4.92. The summed E-state index contributed by atoms with van der Waals surface area (Å²) in [6, 6.07) is 0. The van der Waals surface area contributed by atoms with Gasteiger partial charge in [0.1, 0.15) is 0 Å². The van der Waals surface area contributed by atoms with Gasteiger partial charge in [0.15, 0.2) is 0 Å². The second-order valence-electron chi connectivity index (χ2n) is 4.54. The third-order valence-corrected chi connectivity index (χ3v) is 3.15. The van der Waals surface area contributed by atoms with Gasteiger partial charge in [-0.05, 0) is 20.8 Å². The van der Waals surface area contributed by atoms with Crippen molar-refractivity contribution in [3.8, 4) is 0 Å². The molecule has 0 aliphatic heterocycles. The van der Waals surface area contributed by atoms with Gasteiger partial charge in [-0.15, -0.1) is 0 Å². The predicted octanol–water partition coefficient (Wildman–Crippen LogP) is 1.90. The highest BCUT2D eigenvalue weighted by Gasteiger charge is 2.16. The van der Waals surface area contributed by atoms with Crippen LogP contribution in [0.15, 0.2) is 0 Å². The maximum atomic E-state index is 6.14. The number of halogens is 1. The van der Waals surface area contributed by atoms with Gasteiger partial charge in [0.2, 0.25) is 0 Å². The first-order chi connectivity index (χ1) is 7.37. The van der Waals surface area contributed by atoms with Crippen LogP contribution in [0, 0.1) is 6.92 Å². The molecule has 1 N–H and O–H groups in total. The van der Waals surface area contributed by atoms with E-state index in [0.29, 0.717) is 6.54 Å². The van der Waals surface area contributed by atoms with E-state index in [0.717, 1.165) is 23.0 Å². The molecule has 1 rings (SSSR count). The topological polar surface area (TPSA) is 39.1 Å². The number of hydrogen-bond acceptors (Lipinski definition) is 3. The molecular formula is C11H20ClN3O. The van der Waals surface area contributed by atoms with E-state index in [-0.39, 0.29) is 5.60 Å². The second kappa shape index (κ2) is 5.17. The van der Waals surface area contributed by atoms with E-state index in [1.54, 1.807) is 7.11 Å². The Hall–Kier alpha value is -0.580. The molecule has 0 radical (unpaired) electrons. The van der Waals surface area contributed by atoms with Gasteiger partial charge < -0.3 is 10.1 Å². The number of methoxy groups -OCH3 is 1. The SMILES string of the molecule is COC(C)(C)CNCc1c(Cl)c(C)nn1C. The zero-order chi connectivity index (χ0) is 12.3. The fourth-order valence-electron chi connectivity index (χ4n) is 1.43. The third-order valence-electron chi connectivity index (χ3n) is 2.66. The number of aromatic nitrogens is 2. The number of nitrogens with one attached hydrogen (secondary N) is 1. The number of aryl methyl sites for hydroxylation is 2. The molecule has 0 aromatic carbocycles. The molecule has 0 atom stereocenters. The first kappa shape index (κ1) is 13.5. The van der Waals surface area contributed by atoms with Crippen molar-refractivity contribution in [3.63, 3.8) is 0 Å². The van der Waals surface area contributed by atoms with Crippen LogP contribution in [0.2, 0.25) is 5.02 Å². The summed E-state index contributed by atoms with van der Waals surface area (Å²) < 4.78 is 7.13. The van der Waals surface area contributed by atoms with E-state index in [9.17, 15) is 0 Å². The summed E-state index contributed by atoms with van der Waals surface area (Å²) in [5.74, 6) is 0. The van der Waals surface area contributed by atoms with Crippen molar-refractivity contribution in [1.82, 2.24) is 15.1 Å². The van der Waals surface area contributed by atoms with E-state index in [2.05, 4.69) is 10.4 Å². The summed E-state index contributed by atoms with van der Waals surface area (Å²) in [5, 5.41) is 8.32. The largest absolute Gasteiger partial charge is 0.377 e. The Morgan fingerprint density at radius 1 is 1.50 bits per heavy atom. The lowest BCUT2D eigenvalue weighted by molar-refractivity contribution is 0.0229. The molecule has 0 aliphatic rings. The highest BCUT2D eigenvalue weighted by atomic mass is 35.5. The fourth-order valence-corrected chi connectivity index (χ4v) is 1.65. The minimum atomic E-state index is -0.167. The average Bonchev–Trinajstić information content (AvgIpc) is 2.44. The standard InChI is InChI=1S/C11H20ClN3O/c1-8-10(12)9(15(4)14-8)6-13-7-11(2,3)16-5/h13H,6-7H2,1-5H3. The van der Waals surface area contributed by atoms with Crippen LogP contribution in [0.25, 0.3) is 0 Å². The molecule has 1 heterocycles. The van der Waals surface area contributed by atoms with Crippen molar-refractivity contribution in [1.29, 1.82) is 0 Å². The first-order valence-electron chi connectivity index (χ1n) is 5.31. The van der Waals surface area contributed by atoms with Gasteiger partial charge in [-0.1, -0.05) is 11.6 Å². The van der Waals surface area contributed by atoms with Crippen LogP contribution in [-0.2, 0) is 18.3 Å². The molecule has 0 saturated carbocycles. The summed E-state index contributed by atoms with van der Waals surface area (Å²) in [7, 11) is 3.61. The van der Waals surface area contributed by atoms with Gasteiger partial charge in [0.25, 0.3) is 0 Å². The van der Waals surface area contributed by atoms with Gasteiger partial charge in [-0.25, -0.2) is 0 Å². The molecule has 92 valence electrons. The molecule has 0 unspecified atom stereocenters. The Labute approximate surface area is 102 Å². The van der Waals surface area contributed by atoms with Gasteiger partial charge in [0.05, 0.1) is 22.0 Å². The molecule has 16 heavy (non-hydrogen) atoms. The summed E-state index contributed by atoms with van der Waals surface area (Å²) in [6.45, 7) is 7.45. The zero-order valence-corrected chi connectivity index (χ0v) is 11.4. The van der Waals surface area contributed by atoms with Crippen LogP contribution >= 0.6 is 11.6 Å². The van der Waals surface area contributed by atoms with E-state index in [4.69, 9.17) is 16.3 Å². The summed E-state index contributed by atoms with van der Waals surface area (Å²) in [4.78, 5) is 0. The van der Waals surface area contributed by atoms with Crippen molar-refractivity contribution in [2.45, 2.75) is 32.9 Å². The smallest absolute Gasteiger partial charge is 0.0860 e. The minimum absolute atomic E-state index is 0.167. The number of ether oxygens (including phenoxy) is 1. The molecule has 0 fully saturated rings.